The number of phenols is 1. The van der Waals surface area contributed by atoms with Gasteiger partial charge in [-0.2, -0.15) is 0 Å². The van der Waals surface area contributed by atoms with Crippen molar-refractivity contribution in [3.8, 4) is 11.5 Å². The largest absolute Gasteiger partial charge is 0.504 e. The summed E-state index contributed by atoms with van der Waals surface area (Å²) in [4.78, 5) is 2.18. The van der Waals surface area contributed by atoms with Crippen LogP contribution >= 0.6 is 0 Å². The van der Waals surface area contributed by atoms with Crippen LogP contribution in [0.4, 0.5) is 0 Å². The molecule has 3 rings (SSSR count). The van der Waals surface area contributed by atoms with Gasteiger partial charge in [-0.25, -0.2) is 0 Å². The van der Waals surface area contributed by atoms with Crippen molar-refractivity contribution in [1.29, 1.82) is 0 Å². The Hall–Kier alpha value is -1.30. The summed E-state index contributed by atoms with van der Waals surface area (Å²) in [7, 11) is -2.61. The first-order chi connectivity index (χ1) is 13.1. The number of likely N-dealkylation sites (tertiary alicyclic amines) is 1. The summed E-state index contributed by atoms with van der Waals surface area (Å²) in [5.74, 6) is -0.259. The molecule has 2 aliphatic rings. The van der Waals surface area contributed by atoms with Crippen LogP contribution in [-0.2, 0) is 11.2 Å². The van der Waals surface area contributed by atoms with Crippen molar-refractivity contribution in [3.05, 3.63) is 23.8 Å². The second-order valence-corrected chi connectivity index (χ2v) is 6.70. The Labute approximate surface area is 149 Å². The number of benzene rings is 1. The molecule has 0 aromatic heterocycles. The van der Waals surface area contributed by atoms with Gasteiger partial charge in [0.1, 0.15) is 0 Å². The lowest BCUT2D eigenvalue weighted by Crippen LogP contribution is -2.46. The minimum Gasteiger partial charge on any atom is -0.504 e. The van der Waals surface area contributed by atoms with Gasteiger partial charge < -0.3 is 19.7 Å². The van der Waals surface area contributed by atoms with Crippen LogP contribution in [0.5, 0.6) is 11.5 Å². The number of aliphatic hydroxyl groups is 1. The summed E-state index contributed by atoms with van der Waals surface area (Å²) in [6, 6.07) is 4.91. The number of phenolic OH excluding ortho intramolecular Hbond substituents is 1. The molecule has 24 heavy (non-hydrogen) atoms. The Morgan fingerprint density at radius 1 is 1.33 bits per heavy atom. The summed E-state index contributed by atoms with van der Waals surface area (Å²) in [5, 5.41) is 19.7. The highest BCUT2D eigenvalue weighted by Gasteiger charge is 2.34. The van der Waals surface area contributed by atoms with E-state index in [4.69, 9.17) is 15.0 Å². The Kier molecular flexibility index (Phi) is 4.43. The molecule has 3 atom stereocenters. The molecule has 0 bridgehead atoms. The molecule has 1 aliphatic heterocycles. The average molecular weight is 339 g/mol. The fourth-order valence-electron chi connectivity index (χ4n) is 3.76. The van der Waals surface area contributed by atoms with Gasteiger partial charge in [-0.05, 0) is 43.4 Å². The number of β-amino-alcohol motifs (C(OH)–C–C–N with tert-alkyl or cyclic N) is 1. The Morgan fingerprint density at radius 2 is 2.21 bits per heavy atom. The third kappa shape index (κ3) is 4.21. The molecule has 5 nitrogen and oxygen atoms in total. The van der Waals surface area contributed by atoms with Crippen LogP contribution in [0.2, 0.25) is 0 Å². The van der Waals surface area contributed by atoms with E-state index in [0.29, 0.717) is 26.0 Å². The van der Waals surface area contributed by atoms with Crippen LogP contribution in [0, 0.1) is 0 Å². The van der Waals surface area contributed by atoms with Crippen LogP contribution in [0.3, 0.4) is 0 Å². The molecule has 1 aromatic rings. The molecule has 0 unspecified atom stereocenters. The highest BCUT2D eigenvalue weighted by molar-refractivity contribution is 5.41. The number of hydrogen-bond donors (Lipinski definition) is 2. The highest BCUT2D eigenvalue weighted by Crippen LogP contribution is 2.29. The van der Waals surface area contributed by atoms with Gasteiger partial charge in [0.2, 0.25) is 0 Å². The molecular weight excluding hydrogens is 306 g/mol. The Balaban J connectivity index is 1.55. The van der Waals surface area contributed by atoms with E-state index in [9.17, 15) is 10.2 Å². The number of ether oxygens (including phenoxy) is 2. The highest BCUT2D eigenvalue weighted by atomic mass is 16.5. The number of nitrogens with zero attached hydrogens (tertiary/aromatic N) is 1. The maximum absolute atomic E-state index is 9.95. The minimum atomic E-state index is -2.61. The third-order valence-electron chi connectivity index (χ3n) is 5.07. The zero-order chi connectivity index (χ0) is 20.4. The molecule has 5 heteroatoms. The quantitative estimate of drug-likeness (QED) is 0.833. The molecule has 2 fully saturated rings. The Morgan fingerprint density at radius 3 is 3.00 bits per heavy atom. The van der Waals surface area contributed by atoms with Crippen LogP contribution in [0.25, 0.3) is 0 Å². The second-order valence-electron chi connectivity index (χ2n) is 6.70. The van der Waals surface area contributed by atoms with Crippen LogP contribution in [0.15, 0.2) is 18.2 Å². The number of rotatable bonds is 6. The molecular formula is C19H29NO4. The normalized spacial score (nSPS) is 34.2. The lowest BCUT2D eigenvalue weighted by Gasteiger charge is -2.37. The predicted octanol–water partition coefficient (Wildman–Crippen LogP) is 2.34. The fraction of sp³-hybridized carbons (Fsp3) is 0.684. The van der Waals surface area contributed by atoms with E-state index in [-0.39, 0.29) is 23.6 Å². The maximum Gasteiger partial charge on any atom is 0.160 e. The van der Waals surface area contributed by atoms with Gasteiger partial charge in [0.25, 0.3) is 0 Å². The van der Waals surface area contributed by atoms with Gasteiger partial charge in [0.05, 0.1) is 31.3 Å². The average Bonchev–Trinajstić information content (AvgIpc) is 2.97. The van der Waals surface area contributed by atoms with Crippen molar-refractivity contribution >= 4 is 0 Å². The number of hydrogen-bond acceptors (Lipinski definition) is 5. The molecule has 2 N–H and O–H groups in total. The summed E-state index contributed by atoms with van der Waals surface area (Å²) in [5.41, 5.74) is 0.825. The van der Waals surface area contributed by atoms with Gasteiger partial charge in [0, 0.05) is 19.1 Å². The molecule has 0 spiro atoms. The van der Waals surface area contributed by atoms with Crippen molar-refractivity contribution < 1.29 is 25.2 Å². The molecule has 1 aromatic carbocycles. The Bertz CT molecular complexity index is 668. The SMILES string of the molecule is [2H]C([2H])([2H])Oc1cc(CCO[C@@H]2CCCC[C@H]2N2CC[C@@]([2H])(O)C2)ccc1O. The lowest BCUT2D eigenvalue weighted by atomic mass is 9.91. The summed E-state index contributed by atoms with van der Waals surface area (Å²) in [6.45, 7) is 1.56. The molecule has 0 amide bonds. The van der Waals surface area contributed by atoms with E-state index in [1.807, 2.05) is 0 Å². The van der Waals surface area contributed by atoms with E-state index < -0.39 is 13.1 Å². The van der Waals surface area contributed by atoms with Crippen molar-refractivity contribution in [1.82, 2.24) is 4.90 Å². The van der Waals surface area contributed by atoms with Crippen molar-refractivity contribution in [2.45, 2.75) is 56.8 Å². The number of aromatic hydroxyl groups is 1. The van der Waals surface area contributed by atoms with Gasteiger partial charge in [0.15, 0.2) is 11.5 Å². The summed E-state index contributed by atoms with van der Waals surface area (Å²) >= 11 is 0. The summed E-state index contributed by atoms with van der Waals surface area (Å²) < 4.78 is 40.4. The van der Waals surface area contributed by atoms with E-state index in [1.54, 1.807) is 6.07 Å². The number of methoxy groups -OCH3 is 1. The topological polar surface area (TPSA) is 62.2 Å². The molecule has 1 saturated carbocycles. The van der Waals surface area contributed by atoms with E-state index in [0.717, 1.165) is 37.8 Å². The smallest absolute Gasteiger partial charge is 0.160 e. The maximum atomic E-state index is 9.95. The molecule has 1 heterocycles. The van der Waals surface area contributed by atoms with Crippen LogP contribution in [-0.4, -0.2) is 60.1 Å². The van der Waals surface area contributed by atoms with Crippen molar-refractivity contribution in [2.75, 3.05) is 26.7 Å². The van der Waals surface area contributed by atoms with Gasteiger partial charge in [-0.3, -0.25) is 4.90 Å². The molecule has 1 saturated heterocycles. The summed E-state index contributed by atoms with van der Waals surface area (Å²) in [6.07, 6.45) is 3.96. The first-order valence-corrected chi connectivity index (χ1v) is 8.72. The monoisotopic (exact) mass is 339 g/mol. The van der Waals surface area contributed by atoms with Crippen molar-refractivity contribution in [2.24, 2.45) is 0 Å². The molecule has 0 radical (unpaired) electrons. The van der Waals surface area contributed by atoms with Crippen LogP contribution < -0.4 is 4.74 Å². The van der Waals surface area contributed by atoms with E-state index in [2.05, 4.69) is 4.90 Å². The van der Waals surface area contributed by atoms with E-state index in [1.165, 1.54) is 12.1 Å². The zero-order valence-electron chi connectivity index (χ0n) is 17.9. The third-order valence-corrected chi connectivity index (χ3v) is 5.07. The lowest BCUT2D eigenvalue weighted by molar-refractivity contribution is -0.0316. The van der Waals surface area contributed by atoms with Gasteiger partial charge in [-0.1, -0.05) is 18.9 Å². The van der Waals surface area contributed by atoms with Gasteiger partial charge >= 0.3 is 0 Å². The van der Waals surface area contributed by atoms with Crippen molar-refractivity contribution in [3.63, 3.8) is 0 Å². The van der Waals surface area contributed by atoms with Gasteiger partial charge in [-0.15, -0.1) is 0 Å². The van der Waals surface area contributed by atoms with E-state index >= 15 is 0 Å². The first-order valence-electron chi connectivity index (χ1n) is 10.7. The fourth-order valence-corrected chi connectivity index (χ4v) is 3.76. The van der Waals surface area contributed by atoms with Crippen LogP contribution in [0.1, 0.15) is 43.2 Å². The predicted molar refractivity (Wildman–Crippen MR) is 92.6 cm³/mol. The second kappa shape index (κ2) is 8.19. The first kappa shape index (κ1) is 13.0. The standard InChI is InChI=1S/C19H29NO4/c1-23-19-12-14(6-7-17(19)22)9-11-24-18-5-3-2-4-16(18)20-10-8-15(21)13-20/h6-7,12,15-16,18,21-22H,2-5,8-11,13H2,1H3/t15-,16-,18-/m1/s1/i1D3,15D. The minimum absolute atomic E-state index is 0.0557. The molecule has 134 valence electrons. The zero-order valence-corrected chi connectivity index (χ0v) is 13.9. The molecule has 1 aliphatic carbocycles.